The van der Waals surface area contributed by atoms with E-state index in [0.29, 0.717) is 30.9 Å². The molecule has 27 heavy (non-hydrogen) atoms. The van der Waals surface area contributed by atoms with Gasteiger partial charge in [-0.1, -0.05) is 12.2 Å². The van der Waals surface area contributed by atoms with Gasteiger partial charge >= 0.3 is 6.18 Å². The number of rotatable bonds is 2. The quantitative estimate of drug-likeness (QED) is 0.749. The zero-order valence-corrected chi connectivity index (χ0v) is 15.0. The van der Waals surface area contributed by atoms with E-state index in [2.05, 4.69) is 22.2 Å². The lowest BCUT2D eigenvalue weighted by atomic mass is 9.93. The minimum atomic E-state index is -4.50. The topological polar surface area (TPSA) is 50.5 Å². The van der Waals surface area contributed by atoms with Gasteiger partial charge < -0.3 is 4.90 Å². The normalized spacial score (nSPS) is 23.3. The van der Waals surface area contributed by atoms with Crippen molar-refractivity contribution in [1.82, 2.24) is 19.5 Å². The second-order valence-corrected chi connectivity index (χ2v) is 7.37. The number of allylic oxidation sites excluding steroid dienone is 2. The highest BCUT2D eigenvalue weighted by Gasteiger charge is 2.36. The first-order chi connectivity index (χ1) is 12.8. The van der Waals surface area contributed by atoms with Crippen molar-refractivity contribution < 1.29 is 18.0 Å². The number of alkyl halides is 3. The molecular formula is C19H21F3N4O. The van der Waals surface area contributed by atoms with Crippen LogP contribution in [-0.2, 0) is 11.0 Å². The van der Waals surface area contributed by atoms with E-state index in [-0.39, 0.29) is 23.4 Å². The first-order valence-corrected chi connectivity index (χ1v) is 9.21. The van der Waals surface area contributed by atoms with Crippen LogP contribution in [0.4, 0.5) is 13.2 Å². The van der Waals surface area contributed by atoms with Crippen LogP contribution in [-0.4, -0.2) is 38.5 Å². The maximum absolute atomic E-state index is 13.3. The fraction of sp³-hybridized carbons (Fsp3) is 0.526. The average Bonchev–Trinajstić information content (AvgIpc) is 3.27. The Balaban J connectivity index is 1.57. The molecule has 5 nitrogen and oxygen atoms in total. The van der Waals surface area contributed by atoms with E-state index in [1.54, 1.807) is 6.07 Å². The standard InChI is InChI=1S/C19H21F3N4O/c1-12-9-16(19(20,21)22)26-17(23-12)10-15(24-26)14-7-8-25(11-14)18(27)13-5-3-2-4-6-13/h2-3,9-10,13-14H,4-8,11H2,1H3/t13-,14+/m0/s1. The molecule has 3 heterocycles. The average molecular weight is 378 g/mol. The number of hydrogen-bond acceptors (Lipinski definition) is 3. The number of fused-ring (bicyclic) bond motifs is 1. The number of aryl methyl sites for hydroxylation is 1. The highest BCUT2D eigenvalue weighted by molar-refractivity contribution is 5.79. The van der Waals surface area contributed by atoms with Gasteiger partial charge in [0.2, 0.25) is 5.91 Å². The van der Waals surface area contributed by atoms with Crippen LogP contribution in [0, 0.1) is 12.8 Å². The third-order valence-electron chi connectivity index (χ3n) is 5.40. The Labute approximate surface area is 154 Å². The van der Waals surface area contributed by atoms with Gasteiger partial charge in [-0.05, 0) is 38.7 Å². The molecule has 144 valence electrons. The summed E-state index contributed by atoms with van der Waals surface area (Å²) in [6.07, 6.45) is 2.91. The third kappa shape index (κ3) is 3.44. The van der Waals surface area contributed by atoms with Gasteiger partial charge in [0.05, 0.1) is 5.69 Å². The summed E-state index contributed by atoms with van der Waals surface area (Å²) in [5.41, 5.74) is 0.239. The number of nitrogens with zero attached hydrogens (tertiary/aromatic N) is 4. The largest absolute Gasteiger partial charge is 0.433 e. The van der Waals surface area contributed by atoms with E-state index >= 15 is 0 Å². The molecule has 0 unspecified atom stereocenters. The smallest absolute Gasteiger partial charge is 0.342 e. The van der Waals surface area contributed by atoms with E-state index in [1.807, 2.05) is 4.90 Å². The van der Waals surface area contributed by atoms with Crippen molar-refractivity contribution in [3.05, 3.63) is 41.4 Å². The highest BCUT2D eigenvalue weighted by Crippen LogP contribution is 2.33. The number of likely N-dealkylation sites (tertiary alicyclic amines) is 1. The van der Waals surface area contributed by atoms with E-state index in [0.717, 1.165) is 29.8 Å². The Hall–Kier alpha value is -2.38. The molecule has 2 atom stereocenters. The van der Waals surface area contributed by atoms with Gasteiger partial charge in [-0.2, -0.15) is 18.3 Å². The van der Waals surface area contributed by atoms with E-state index < -0.39 is 11.9 Å². The molecular weight excluding hydrogens is 357 g/mol. The molecule has 2 aliphatic rings. The predicted molar refractivity (Wildman–Crippen MR) is 93.1 cm³/mol. The van der Waals surface area contributed by atoms with Crippen molar-refractivity contribution >= 4 is 11.6 Å². The molecule has 0 N–H and O–H groups in total. The number of hydrogen-bond donors (Lipinski definition) is 0. The summed E-state index contributed by atoms with van der Waals surface area (Å²) in [5.74, 6) is 0.114. The van der Waals surface area contributed by atoms with Gasteiger partial charge in [0.25, 0.3) is 0 Å². The Bertz CT molecular complexity index is 902. The van der Waals surface area contributed by atoms with Gasteiger partial charge in [0.1, 0.15) is 5.69 Å². The Kier molecular flexibility index (Phi) is 4.44. The summed E-state index contributed by atoms with van der Waals surface area (Å²) < 4.78 is 40.8. The summed E-state index contributed by atoms with van der Waals surface area (Å²) in [7, 11) is 0. The first kappa shape index (κ1) is 18.0. The molecule has 0 saturated carbocycles. The van der Waals surface area contributed by atoms with E-state index in [9.17, 15) is 18.0 Å². The molecule has 1 fully saturated rings. The van der Waals surface area contributed by atoms with Crippen LogP contribution in [0.1, 0.15) is 48.7 Å². The third-order valence-corrected chi connectivity index (χ3v) is 5.40. The molecule has 4 rings (SSSR count). The minimum absolute atomic E-state index is 0.0240. The molecule has 8 heteroatoms. The summed E-state index contributed by atoms with van der Waals surface area (Å²) in [5, 5.41) is 4.19. The highest BCUT2D eigenvalue weighted by atomic mass is 19.4. The summed E-state index contributed by atoms with van der Waals surface area (Å²) >= 11 is 0. The van der Waals surface area contributed by atoms with Gasteiger partial charge in [0.15, 0.2) is 5.65 Å². The van der Waals surface area contributed by atoms with Crippen LogP contribution in [0.5, 0.6) is 0 Å². The van der Waals surface area contributed by atoms with Crippen LogP contribution in [0.3, 0.4) is 0 Å². The fourth-order valence-corrected chi connectivity index (χ4v) is 4.00. The summed E-state index contributed by atoms with van der Waals surface area (Å²) in [6.45, 7) is 2.66. The Morgan fingerprint density at radius 2 is 2.04 bits per heavy atom. The van der Waals surface area contributed by atoms with Crippen LogP contribution < -0.4 is 0 Å². The monoisotopic (exact) mass is 378 g/mol. The maximum atomic E-state index is 13.3. The zero-order chi connectivity index (χ0) is 19.2. The van der Waals surface area contributed by atoms with E-state index in [4.69, 9.17) is 0 Å². The number of amides is 1. The molecule has 1 aliphatic carbocycles. The lowest BCUT2D eigenvalue weighted by Gasteiger charge is -2.24. The van der Waals surface area contributed by atoms with Gasteiger partial charge in [-0.25, -0.2) is 9.50 Å². The van der Waals surface area contributed by atoms with Crippen LogP contribution in [0.2, 0.25) is 0 Å². The van der Waals surface area contributed by atoms with E-state index in [1.165, 1.54) is 6.92 Å². The maximum Gasteiger partial charge on any atom is 0.433 e. The molecule has 0 aromatic carbocycles. The number of aromatic nitrogens is 3. The SMILES string of the molecule is Cc1cc(C(F)(F)F)n2nc([C@@H]3CCN(C(=O)[C@H]4CC=CCC4)C3)cc2n1. The second-order valence-electron chi connectivity index (χ2n) is 7.37. The van der Waals surface area contributed by atoms with Crippen molar-refractivity contribution in [3.63, 3.8) is 0 Å². The van der Waals surface area contributed by atoms with Gasteiger partial charge in [0, 0.05) is 36.7 Å². The fourth-order valence-electron chi connectivity index (χ4n) is 4.00. The molecule has 0 bridgehead atoms. The molecule has 0 spiro atoms. The number of carbonyl (C=O) groups excluding carboxylic acids is 1. The first-order valence-electron chi connectivity index (χ1n) is 9.21. The Morgan fingerprint density at radius 3 is 2.74 bits per heavy atom. The number of halogens is 3. The molecule has 2 aromatic heterocycles. The Morgan fingerprint density at radius 1 is 1.22 bits per heavy atom. The summed E-state index contributed by atoms with van der Waals surface area (Å²) in [4.78, 5) is 18.7. The van der Waals surface area contributed by atoms with Crippen LogP contribution in [0.15, 0.2) is 24.3 Å². The van der Waals surface area contributed by atoms with Crippen molar-refractivity contribution in [2.24, 2.45) is 5.92 Å². The van der Waals surface area contributed by atoms with Gasteiger partial charge in [-0.3, -0.25) is 4.79 Å². The minimum Gasteiger partial charge on any atom is -0.342 e. The van der Waals surface area contributed by atoms with Crippen molar-refractivity contribution in [3.8, 4) is 0 Å². The molecule has 2 aromatic rings. The molecule has 0 radical (unpaired) electrons. The zero-order valence-electron chi connectivity index (χ0n) is 15.0. The summed E-state index contributed by atoms with van der Waals surface area (Å²) in [6, 6.07) is 2.62. The van der Waals surface area contributed by atoms with Crippen molar-refractivity contribution in [2.75, 3.05) is 13.1 Å². The molecule has 1 amide bonds. The van der Waals surface area contributed by atoms with Crippen LogP contribution >= 0.6 is 0 Å². The lowest BCUT2D eigenvalue weighted by molar-refractivity contribution is -0.142. The molecule has 1 aliphatic heterocycles. The lowest BCUT2D eigenvalue weighted by Crippen LogP contribution is -2.34. The molecule has 1 saturated heterocycles. The van der Waals surface area contributed by atoms with Crippen molar-refractivity contribution in [1.29, 1.82) is 0 Å². The second kappa shape index (κ2) is 6.65. The van der Waals surface area contributed by atoms with Crippen LogP contribution in [0.25, 0.3) is 5.65 Å². The van der Waals surface area contributed by atoms with Crippen molar-refractivity contribution in [2.45, 2.75) is 44.7 Å². The predicted octanol–water partition coefficient (Wildman–Crippen LogP) is 3.73. The number of carbonyl (C=O) groups is 1. The van der Waals surface area contributed by atoms with Gasteiger partial charge in [-0.15, -0.1) is 0 Å².